The molecule has 0 saturated heterocycles. The number of thioether (sulfide) groups is 1. The first-order valence-corrected chi connectivity index (χ1v) is 9.84. The van der Waals surface area contributed by atoms with E-state index in [9.17, 15) is 9.59 Å². The molecule has 0 atom stereocenters. The molecule has 4 nitrogen and oxygen atoms in total. The molecule has 1 aromatic carbocycles. The van der Waals surface area contributed by atoms with E-state index in [1.54, 1.807) is 17.8 Å². The van der Waals surface area contributed by atoms with Crippen LogP contribution in [0.3, 0.4) is 0 Å². The van der Waals surface area contributed by atoms with Crippen LogP contribution < -0.4 is 10.6 Å². The maximum atomic E-state index is 11.7. The summed E-state index contributed by atoms with van der Waals surface area (Å²) in [6, 6.07) is 10.2. The van der Waals surface area contributed by atoms with Crippen LogP contribution in [0.4, 0.5) is 0 Å². The van der Waals surface area contributed by atoms with Gasteiger partial charge in [0.2, 0.25) is 5.91 Å². The van der Waals surface area contributed by atoms with Gasteiger partial charge in [0.05, 0.1) is 0 Å². The molecule has 0 bridgehead atoms. The second kappa shape index (κ2) is 10.2. The fraction of sp³-hybridized carbons (Fsp3) is 0.333. The summed E-state index contributed by atoms with van der Waals surface area (Å²) < 4.78 is 0. The molecule has 0 fully saturated rings. The summed E-state index contributed by atoms with van der Waals surface area (Å²) in [5, 5.41) is 9.41. The average molecular weight is 363 g/mol. The molecule has 2 amide bonds. The lowest BCUT2D eigenvalue weighted by atomic mass is 10.2. The zero-order valence-electron chi connectivity index (χ0n) is 13.7. The Balaban J connectivity index is 1.50. The minimum absolute atomic E-state index is 0.0317. The number of rotatable bonds is 9. The number of hydrogen-bond acceptors (Lipinski definition) is 4. The average Bonchev–Trinajstić information content (AvgIpc) is 3.12. The van der Waals surface area contributed by atoms with Crippen molar-refractivity contribution in [3.63, 3.8) is 0 Å². The number of aryl methyl sites for hydroxylation is 1. The zero-order valence-corrected chi connectivity index (χ0v) is 15.3. The predicted molar refractivity (Wildman–Crippen MR) is 101 cm³/mol. The molecule has 24 heavy (non-hydrogen) atoms. The molecule has 6 heteroatoms. The molecule has 2 rings (SSSR count). The van der Waals surface area contributed by atoms with Gasteiger partial charge in [-0.1, -0.05) is 17.7 Å². The monoisotopic (exact) mass is 362 g/mol. The Morgan fingerprint density at radius 1 is 1.08 bits per heavy atom. The molecule has 0 unspecified atom stereocenters. The fourth-order valence-corrected chi connectivity index (χ4v) is 3.43. The van der Waals surface area contributed by atoms with Crippen molar-refractivity contribution < 1.29 is 9.59 Å². The van der Waals surface area contributed by atoms with Gasteiger partial charge in [-0.15, -0.1) is 11.8 Å². The van der Waals surface area contributed by atoms with Gasteiger partial charge in [-0.2, -0.15) is 11.3 Å². The molecule has 2 N–H and O–H groups in total. The van der Waals surface area contributed by atoms with E-state index in [0.29, 0.717) is 31.5 Å². The van der Waals surface area contributed by atoms with E-state index in [0.717, 1.165) is 5.75 Å². The summed E-state index contributed by atoms with van der Waals surface area (Å²) >= 11 is 3.23. The minimum atomic E-state index is -0.0776. The van der Waals surface area contributed by atoms with Gasteiger partial charge < -0.3 is 10.6 Å². The summed E-state index contributed by atoms with van der Waals surface area (Å²) in [5.74, 6) is 0.805. The molecule has 0 spiro atoms. The Bertz CT molecular complexity index is 640. The molecular formula is C18H22N2O2S2. The highest BCUT2D eigenvalue weighted by atomic mass is 32.2. The Morgan fingerprint density at radius 3 is 2.58 bits per heavy atom. The first-order valence-electron chi connectivity index (χ1n) is 7.92. The summed E-state index contributed by atoms with van der Waals surface area (Å²) in [5.41, 5.74) is 1.93. The zero-order chi connectivity index (χ0) is 17.2. The van der Waals surface area contributed by atoms with Crippen molar-refractivity contribution in [3.8, 4) is 0 Å². The van der Waals surface area contributed by atoms with Crippen LogP contribution in [0.25, 0.3) is 0 Å². The lowest BCUT2D eigenvalue weighted by Gasteiger charge is -2.06. The Hall–Kier alpha value is -1.79. The van der Waals surface area contributed by atoms with Crippen molar-refractivity contribution >= 4 is 34.9 Å². The third kappa shape index (κ3) is 6.76. The molecule has 1 aromatic heterocycles. The van der Waals surface area contributed by atoms with Crippen molar-refractivity contribution in [2.24, 2.45) is 0 Å². The van der Waals surface area contributed by atoms with Crippen molar-refractivity contribution in [1.82, 2.24) is 10.6 Å². The normalized spacial score (nSPS) is 10.4. The maximum absolute atomic E-state index is 11.7. The number of nitrogens with one attached hydrogen (secondary N) is 2. The molecule has 128 valence electrons. The number of amides is 2. The van der Waals surface area contributed by atoms with Crippen molar-refractivity contribution in [2.75, 3.05) is 18.8 Å². The fourth-order valence-electron chi connectivity index (χ4n) is 2.03. The molecule has 0 saturated carbocycles. The first-order chi connectivity index (χ1) is 11.6. The third-order valence-corrected chi connectivity index (χ3v) is 5.06. The van der Waals surface area contributed by atoms with Gasteiger partial charge in [0.25, 0.3) is 5.91 Å². The number of benzene rings is 1. The number of carbonyl (C=O) groups is 2. The summed E-state index contributed by atoms with van der Waals surface area (Å²) in [7, 11) is 0. The quantitative estimate of drug-likeness (QED) is 0.530. The Labute approximate surface area is 151 Å². The van der Waals surface area contributed by atoms with E-state index in [4.69, 9.17) is 0 Å². The first kappa shape index (κ1) is 18.5. The van der Waals surface area contributed by atoms with Crippen LogP contribution in [-0.4, -0.2) is 30.7 Å². The Morgan fingerprint density at radius 2 is 1.88 bits per heavy atom. The van der Waals surface area contributed by atoms with Crippen LogP contribution in [0.5, 0.6) is 0 Å². The number of hydrogen-bond donors (Lipinski definition) is 2. The predicted octanol–water partition coefficient (Wildman–Crippen LogP) is 3.48. The summed E-state index contributed by atoms with van der Waals surface area (Å²) in [6.45, 7) is 3.23. The smallest absolute Gasteiger partial charge is 0.252 e. The lowest BCUT2D eigenvalue weighted by Crippen LogP contribution is -2.28. The summed E-state index contributed by atoms with van der Waals surface area (Å²) in [4.78, 5) is 24.7. The topological polar surface area (TPSA) is 58.2 Å². The van der Waals surface area contributed by atoms with E-state index in [1.165, 1.54) is 21.8 Å². The number of carbonyl (C=O) groups excluding carboxylic acids is 2. The van der Waals surface area contributed by atoms with Gasteiger partial charge in [-0.3, -0.25) is 9.59 Å². The number of thiophene rings is 1. The van der Waals surface area contributed by atoms with Gasteiger partial charge in [-0.25, -0.2) is 0 Å². The van der Waals surface area contributed by atoms with Crippen LogP contribution in [0.15, 0.2) is 46.0 Å². The second-order valence-corrected chi connectivity index (χ2v) is 7.33. The highest BCUT2D eigenvalue weighted by Gasteiger charge is 2.05. The molecule has 2 aromatic rings. The van der Waals surface area contributed by atoms with E-state index < -0.39 is 0 Å². The summed E-state index contributed by atoms with van der Waals surface area (Å²) in [6.07, 6.45) is 1.08. The standard InChI is InChI=1S/C18H22N2O2S2/c1-14-4-6-16(7-5-14)24-12-10-19-17(21)3-2-9-20-18(22)15-8-11-23-13-15/h4-8,11,13H,2-3,9-10,12H2,1H3,(H,19,21)(H,20,22). The molecular weight excluding hydrogens is 340 g/mol. The van der Waals surface area contributed by atoms with E-state index >= 15 is 0 Å². The van der Waals surface area contributed by atoms with Crippen molar-refractivity contribution in [2.45, 2.75) is 24.7 Å². The van der Waals surface area contributed by atoms with Gasteiger partial charge >= 0.3 is 0 Å². The highest BCUT2D eigenvalue weighted by Crippen LogP contribution is 2.17. The molecule has 0 aliphatic rings. The van der Waals surface area contributed by atoms with Crippen LogP contribution in [0.2, 0.25) is 0 Å². The van der Waals surface area contributed by atoms with Crippen molar-refractivity contribution in [3.05, 3.63) is 52.2 Å². The van der Waals surface area contributed by atoms with E-state index in [2.05, 4.69) is 41.8 Å². The largest absolute Gasteiger partial charge is 0.355 e. The molecule has 0 radical (unpaired) electrons. The van der Waals surface area contributed by atoms with Gasteiger partial charge in [0.15, 0.2) is 0 Å². The third-order valence-electron chi connectivity index (χ3n) is 3.36. The second-order valence-electron chi connectivity index (χ2n) is 5.38. The van der Waals surface area contributed by atoms with Crippen LogP contribution in [0, 0.1) is 6.92 Å². The highest BCUT2D eigenvalue weighted by molar-refractivity contribution is 7.99. The van der Waals surface area contributed by atoms with E-state index in [-0.39, 0.29) is 11.8 Å². The van der Waals surface area contributed by atoms with Crippen molar-refractivity contribution in [1.29, 1.82) is 0 Å². The van der Waals surface area contributed by atoms with Gasteiger partial charge in [0.1, 0.15) is 0 Å². The van der Waals surface area contributed by atoms with Crippen LogP contribution in [-0.2, 0) is 4.79 Å². The lowest BCUT2D eigenvalue weighted by molar-refractivity contribution is -0.121. The molecule has 0 aliphatic carbocycles. The van der Waals surface area contributed by atoms with Gasteiger partial charge in [0, 0.05) is 41.1 Å². The Kier molecular flexibility index (Phi) is 7.85. The molecule has 0 aliphatic heterocycles. The maximum Gasteiger partial charge on any atom is 0.252 e. The minimum Gasteiger partial charge on any atom is -0.355 e. The SMILES string of the molecule is Cc1ccc(SCCNC(=O)CCCNC(=O)c2ccsc2)cc1. The van der Waals surface area contributed by atoms with Crippen LogP contribution in [0.1, 0.15) is 28.8 Å². The van der Waals surface area contributed by atoms with Gasteiger partial charge in [-0.05, 0) is 36.9 Å². The molecule has 1 heterocycles. The van der Waals surface area contributed by atoms with E-state index in [1.807, 2.05) is 10.8 Å². The van der Waals surface area contributed by atoms with Crippen LogP contribution >= 0.6 is 23.1 Å².